The van der Waals surface area contributed by atoms with Crippen molar-refractivity contribution in [3.63, 3.8) is 0 Å². The Hall–Kier alpha value is -0.250. The maximum atomic E-state index is 6.32. The zero-order valence-electron chi connectivity index (χ0n) is 22.6. The van der Waals surface area contributed by atoms with Gasteiger partial charge in [-0.1, -0.05) is 66.5 Å². The first-order chi connectivity index (χ1) is 14.3. The number of hydrogen-bond donors (Lipinski definition) is 2. The minimum Gasteiger partial charge on any atom is -0.412 e. The number of nitrogens with zero attached hydrogens (tertiary/aromatic N) is 1. The van der Waals surface area contributed by atoms with Gasteiger partial charge in [-0.3, -0.25) is 0 Å². The van der Waals surface area contributed by atoms with Crippen molar-refractivity contribution in [3.05, 3.63) is 11.6 Å². The minimum atomic E-state index is 0. The fourth-order valence-corrected chi connectivity index (χ4v) is 5.97. The van der Waals surface area contributed by atoms with Gasteiger partial charge >= 0.3 is 0 Å². The van der Waals surface area contributed by atoms with Crippen LogP contribution < -0.4 is 11.1 Å². The van der Waals surface area contributed by atoms with E-state index in [0.29, 0.717) is 22.8 Å². The lowest BCUT2D eigenvalue weighted by atomic mass is 9.68. The Morgan fingerprint density at radius 1 is 1.09 bits per heavy atom. The molecule has 0 aromatic rings. The molecule has 0 radical (unpaired) electrons. The van der Waals surface area contributed by atoms with Crippen molar-refractivity contribution in [2.24, 2.45) is 28.9 Å². The van der Waals surface area contributed by atoms with Gasteiger partial charge in [0.1, 0.15) is 0 Å². The van der Waals surface area contributed by atoms with Crippen LogP contribution in [0.2, 0.25) is 0 Å². The van der Waals surface area contributed by atoms with Gasteiger partial charge in [0.15, 0.2) is 0 Å². The lowest BCUT2D eigenvalue weighted by Crippen LogP contribution is -2.52. The van der Waals surface area contributed by atoms with E-state index in [-0.39, 0.29) is 29.3 Å². The summed E-state index contributed by atoms with van der Waals surface area (Å²) in [6.45, 7) is 17.3. The number of nitrogens with one attached hydrogen (secondary N) is 1. The van der Waals surface area contributed by atoms with E-state index in [9.17, 15) is 0 Å². The van der Waals surface area contributed by atoms with Crippen LogP contribution in [0.4, 0.5) is 0 Å². The average molecular weight is 528 g/mol. The predicted octanol–water partition coefficient (Wildman–Crippen LogP) is 3.16. The van der Waals surface area contributed by atoms with Crippen LogP contribution in [0.25, 0.3) is 0 Å². The smallest absolute Gasteiger partial charge is 0.0373 e. The molecule has 0 aromatic heterocycles. The molecule has 216 valence electrons. The van der Waals surface area contributed by atoms with E-state index in [1.165, 1.54) is 71.1 Å². The quantitative estimate of drug-likeness (QED) is 0.383. The Morgan fingerprint density at radius 3 is 2.11 bits per heavy atom. The highest BCUT2D eigenvalue weighted by molar-refractivity contribution is 6.20. The van der Waals surface area contributed by atoms with Crippen molar-refractivity contribution in [2.75, 3.05) is 32.7 Å². The molecule has 1 heterocycles. The Labute approximate surface area is 221 Å². The maximum absolute atomic E-state index is 6.32. The number of rotatable bonds is 7. The number of hydrogen-bond acceptors (Lipinski definition) is 3. The molecular weight excluding hydrogens is 466 g/mol. The molecule has 1 aliphatic heterocycles. The van der Waals surface area contributed by atoms with E-state index in [1.54, 1.807) is 5.57 Å². The normalized spacial score (nSPS) is 24.6. The first-order valence-corrected chi connectivity index (χ1v) is 13.2. The lowest BCUT2D eigenvalue weighted by molar-refractivity contribution is 0.0594. The van der Waals surface area contributed by atoms with Gasteiger partial charge in [0, 0.05) is 24.5 Å². The van der Waals surface area contributed by atoms with Gasteiger partial charge < -0.3 is 37.9 Å². The first-order valence-electron chi connectivity index (χ1n) is 12.8. The van der Waals surface area contributed by atoms with Crippen molar-refractivity contribution in [1.29, 1.82) is 0 Å². The third kappa shape index (κ3) is 13.7. The van der Waals surface area contributed by atoms with Crippen LogP contribution >= 0.6 is 11.6 Å². The highest BCUT2D eigenvalue weighted by Crippen LogP contribution is 2.43. The Morgan fingerprint density at radius 2 is 1.66 bits per heavy atom. The van der Waals surface area contributed by atoms with Crippen molar-refractivity contribution >= 4 is 11.6 Å². The number of piperidine rings is 1. The second kappa shape index (κ2) is 20.8. The molecule has 3 aliphatic rings. The molecule has 8 heteroatoms. The predicted molar refractivity (Wildman–Crippen MR) is 154 cm³/mol. The summed E-state index contributed by atoms with van der Waals surface area (Å²) in [5, 5.41) is 4.32. The van der Waals surface area contributed by atoms with Crippen LogP contribution in [-0.4, -0.2) is 70.9 Å². The third-order valence-electron chi connectivity index (χ3n) is 7.54. The van der Waals surface area contributed by atoms with Crippen LogP contribution in [0.15, 0.2) is 11.6 Å². The highest BCUT2D eigenvalue weighted by atomic mass is 35.5. The summed E-state index contributed by atoms with van der Waals surface area (Å²) in [5.74, 6) is 2.38. The molecule has 0 aromatic carbocycles. The zero-order valence-corrected chi connectivity index (χ0v) is 23.3. The van der Waals surface area contributed by atoms with E-state index in [2.05, 4.69) is 44.0 Å². The fourth-order valence-electron chi connectivity index (χ4n) is 5.77. The van der Waals surface area contributed by atoms with E-state index < -0.39 is 0 Å². The molecule has 2 unspecified atom stereocenters. The average Bonchev–Trinajstić information content (AvgIpc) is 3.19. The number of nitrogens with two attached hydrogens (primary N) is 1. The van der Waals surface area contributed by atoms with Crippen LogP contribution in [0.3, 0.4) is 0 Å². The first kappa shape index (κ1) is 41.9. The minimum absolute atomic E-state index is 0. The Balaban J connectivity index is -0.000000572. The molecule has 1 saturated heterocycles. The molecule has 35 heavy (non-hydrogen) atoms. The second-order valence-electron chi connectivity index (χ2n) is 11.0. The SMILES string of the molecule is C.CC(C)[C@H](CN1CCC(C2=CCC(Cl)CC2)C(C)(C)C1)NCC1CCCC1.CCN.O.O.O.O. The standard InChI is InChI=1S/C24H43ClN2.C2H7N.CH4.4H2O/c1-18(2)23(26-15-19-7-5-6-8-19)16-27-14-13-22(24(3,4)17-27)20-9-11-21(25)12-10-20;1-2-3;;;;;/h9,18-19,21-23,26H,5-8,10-17H2,1-4H3;2-3H2,1H3;1H4;4*1H2/t21?,22?,23-;;;;;;/m0....../s1. The van der Waals surface area contributed by atoms with Crippen LogP contribution in [-0.2, 0) is 0 Å². The summed E-state index contributed by atoms with van der Waals surface area (Å²) in [5.41, 5.74) is 6.92. The zero-order chi connectivity index (χ0) is 22.1. The van der Waals surface area contributed by atoms with Crippen molar-refractivity contribution in [2.45, 2.75) is 105 Å². The molecule has 0 amide bonds. The molecule has 2 fully saturated rings. The molecule has 3 atom stereocenters. The summed E-state index contributed by atoms with van der Waals surface area (Å²) in [6.07, 6.45) is 13.0. The van der Waals surface area contributed by atoms with Gasteiger partial charge in [0.25, 0.3) is 0 Å². The monoisotopic (exact) mass is 527 g/mol. The number of likely N-dealkylation sites (tertiary alicyclic amines) is 1. The van der Waals surface area contributed by atoms with Gasteiger partial charge in [-0.05, 0) is 81.3 Å². The summed E-state index contributed by atoms with van der Waals surface area (Å²) >= 11 is 6.32. The third-order valence-corrected chi connectivity index (χ3v) is 7.94. The van der Waals surface area contributed by atoms with Gasteiger partial charge in [0.05, 0.1) is 0 Å². The summed E-state index contributed by atoms with van der Waals surface area (Å²) in [6, 6.07) is 0.629. The lowest BCUT2D eigenvalue weighted by Gasteiger charge is -2.47. The summed E-state index contributed by atoms with van der Waals surface area (Å²) < 4.78 is 0. The fraction of sp³-hybridized carbons (Fsp3) is 0.926. The largest absolute Gasteiger partial charge is 0.412 e. The Kier molecular flexibility index (Phi) is 24.8. The van der Waals surface area contributed by atoms with Crippen LogP contribution in [0, 0.1) is 23.2 Å². The summed E-state index contributed by atoms with van der Waals surface area (Å²) in [7, 11) is 0. The van der Waals surface area contributed by atoms with E-state index in [0.717, 1.165) is 24.8 Å². The van der Waals surface area contributed by atoms with Gasteiger partial charge in [0.2, 0.25) is 0 Å². The highest BCUT2D eigenvalue weighted by Gasteiger charge is 2.38. The van der Waals surface area contributed by atoms with Crippen molar-refractivity contribution in [1.82, 2.24) is 10.2 Å². The topological polar surface area (TPSA) is 167 Å². The van der Waals surface area contributed by atoms with Gasteiger partial charge in [-0.2, -0.15) is 0 Å². The number of alkyl halides is 1. The van der Waals surface area contributed by atoms with Crippen LogP contribution in [0.5, 0.6) is 0 Å². The van der Waals surface area contributed by atoms with E-state index >= 15 is 0 Å². The van der Waals surface area contributed by atoms with Gasteiger partial charge in [-0.25, -0.2) is 0 Å². The number of allylic oxidation sites excluding steroid dienone is 2. The molecule has 1 saturated carbocycles. The molecule has 3 rings (SSSR count). The van der Waals surface area contributed by atoms with Crippen molar-refractivity contribution < 1.29 is 21.9 Å². The molecule has 0 bridgehead atoms. The molecule has 2 aliphatic carbocycles. The number of halogens is 1. The van der Waals surface area contributed by atoms with E-state index in [4.69, 9.17) is 17.3 Å². The molecule has 7 nitrogen and oxygen atoms in total. The molecule has 11 N–H and O–H groups in total. The Bertz CT molecular complexity index is 529. The molecular formula is C27H62ClN3O4. The maximum Gasteiger partial charge on any atom is 0.0373 e. The molecule has 0 spiro atoms. The van der Waals surface area contributed by atoms with Crippen molar-refractivity contribution in [3.8, 4) is 0 Å². The van der Waals surface area contributed by atoms with Crippen LogP contribution in [0.1, 0.15) is 93.4 Å². The van der Waals surface area contributed by atoms with E-state index in [1.807, 2.05) is 6.92 Å². The van der Waals surface area contributed by atoms with Gasteiger partial charge in [-0.15, -0.1) is 11.6 Å². The summed E-state index contributed by atoms with van der Waals surface area (Å²) in [4.78, 5) is 2.75. The second-order valence-corrected chi connectivity index (χ2v) is 11.7.